The average Bonchev–Trinajstić information content (AvgIpc) is 2.42. The number of hydrogen-bond donors (Lipinski definition) is 2. The standard InChI is InChI=1S/C17H25N3S/c1-12-9-13(2)16(14(3)10-12)11-18-20-17(21)19-15-7-5-4-6-8-15/h9-11,15H,4-8H2,1-3H3,(H2,19,20,21)/b18-11-. The van der Waals surface area contributed by atoms with Gasteiger partial charge in [0.2, 0.25) is 0 Å². The number of hydrazone groups is 1. The molecule has 0 unspecified atom stereocenters. The molecule has 2 rings (SSSR count). The van der Waals surface area contributed by atoms with Crippen molar-refractivity contribution in [3.63, 3.8) is 0 Å². The number of nitrogens with one attached hydrogen (secondary N) is 2. The maximum absolute atomic E-state index is 5.30. The van der Waals surface area contributed by atoms with Crippen LogP contribution in [0.4, 0.5) is 0 Å². The number of hydrogen-bond acceptors (Lipinski definition) is 2. The zero-order chi connectivity index (χ0) is 15.2. The normalized spacial score (nSPS) is 16.1. The van der Waals surface area contributed by atoms with E-state index in [1.807, 2.05) is 6.21 Å². The molecule has 3 nitrogen and oxygen atoms in total. The third kappa shape index (κ3) is 4.81. The molecule has 21 heavy (non-hydrogen) atoms. The van der Waals surface area contributed by atoms with Crippen molar-refractivity contribution in [1.82, 2.24) is 10.7 Å². The second kappa shape index (κ2) is 7.55. The van der Waals surface area contributed by atoms with Crippen LogP contribution < -0.4 is 10.7 Å². The Balaban J connectivity index is 1.88. The Kier molecular flexibility index (Phi) is 5.74. The molecule has 1 aromatic rings. The molecule has 1 saturated carbocycles. The van der Waals surface area contributed by atoms with Gasteiger partial charge < -0.3 is 5.32 Å². The van der Waals surface area contributed by atoms with E-state index in [-0.39, 0.29) is 0 Å². The summed E-state index contributed by atoms with van der Waals surface area (Å²) in [6.45, 7) is 6.34. The van der Waals surface area contributed by atoms with E-state index in [4.69, 9.17) is 12.2 Å². The van der Waals surface area contributed by atoms with Crippen molar-refractivity contribution in [3.05, 3.63) is 34.4 Å². The van der Waals surface area contributed by atoms with Gasteiger partial charge in [0.1, 0.15) is 0 Å². The molecular formula is C17H25N3S. The number of rotatable bonds is 3. The van der Waals surface area contributed by atoms with Gasteiger partial charge in [-0.15, -0.1) is 0 Å². The molecule has 0 saturated heterocycles. The highest BCUT2D eigenvalue weighted by atomic mass is 32.1. The van der Waals surface area contributed by atoms with Gasteiger partial charge in [0.25, 0.3) is 0 Å². The quantitative estimate of drug-likeness (QED) is 0.507. The summed E-state index contributed by atoms with van der Waals surface area (Å²) in [5, 5.41) is 8.26. The minimum Gasteiger partial charge on any atom is -0.359 e. The van der Waals surface area contributed by atoms with Gasteiger partial charge in [0, 0.05) is 11.6 Å². The maximum atomic E-state index is 5.30. The van der Waals surface area contributed by atoms with Gasteiger partial charge in [-0.25, -0.2) is 0 Å². The molecule has 1 aliphatic carbocycles. The lowest BCUT2D eigenvalue weighted by molar-refractivity contribution is 0.412. The summed E-state index contributed by atoms with van der Waals surface area (Å²) in [5.74, 6) is 0. The second-order valence-electron chi connectivity index (χ2n) is 5.99. The van der Waals surface area contributed by atoms with E-state index in [0.717, 1.165) is 5.56 Å². The minimum atomic E-state index is 0.511. The Bertz CT molecular complexity index is 508. The van der Waals surface area contributed by atoms with Gasteiger partial charge in [-0.2, -0.15) is 5.10 Å². The van der Waals surface area contributed by atoms with Gasteiger partial charge in [0.15, 0.2) is 5.11 Å². The molecule has 0 aliphatic heterocycles. The molecule has 114 valence electrons. The molecule has 0 radical (unpaired) electrons. The Morgan fingerprint density at radius 2 is 1.76 bits per heavy atom. The summed E-state index contributed by atoms with van der Waals surface area (Å²) in [7, 11) is 0. The van der Waals surface area contributed by atoms with Crippen LogP contribution in [0.25, 0.3) is 0 Å². The molecule has 2 N–H and O–H groups in total. The predicted octanol–water partition coefficient (Wildman–Crippen LogP) is 3.74. The zero-order valence-corrected chi connectivity index (χ0v) is 14.0. The van der Waals surface area contributed by atoms with Crippen molar-refractivity contribution >= 4 is 23.5 Å². The van der Waals surface area contributed by atoms with Gasteiger partial charge in [-0.3, -0.25) is 5.43 Å². The van der Waals surface area contributed by atoms with Crippen LogP contribution in [0.1, 0.15) is 54.4 Å². The van der Waals surface area contributed by atoms with Crippen LogP contribution in [0.15, 0.2) is 17.2 Å². The zero-order valence-electron chi connectivity index (χ0n) is 13.2. The Morgan fingerprint density at radius 3 is 2.38 bits per heavy atom. The lowest BCUT2D eigenvalue weighted by Crippen LogP contribution is -2.40. The Hall–Kier alpha value is -1.42. The number of thiocarbonyl (C=S) groups is 1. The van der Waals surface area contributed by atoms with Gasteiger partial charge in [0.05, 0.1) is 6.21 Å². The summed E-state index contributed by atoms with van der Waals surface area (Å²) in [6, 6.07) is 4.86. The third-order valence-corrected chi connectivity index (χ3v) is 4.25. The number of aryl methyl sites for hydroxylation is 3. The second-order valence-corrected chi connectivity index (χ2v) is 6.40. The predicted molar refractivity (Wildman–Crippen MR) is 94.0 cm³/mol. The van der Waals surface area contributed by atoms with Crippen LogP contribution in [-0.2, 0) is 0 Å². The lowest BCUT2D eigenvalue weighted by Gasteiger charge is -2.23. The van der Waals surface area contributed by atoms with Crippen LogP contribution >= 0.6 is 12.2 Å². The first kappa shape index (κ1) is 16.0. The van der Waals surface area contributed by atoms with Crippen LogP contribution in [0.3, 0.4) is 0 Å². The molecule has 0 atom stereocenters. The van der Waals surface area contributed by atoms with E-state index >= 15 is 0 Å². The lowest BCUT2D eigenvalue weighted by atomic mass is 9.96. The molecule has 0 aromatic heterocycles. The van der Waals surface area contributed by atoms with Crippen LogP contribution in [0.2, 0.25) is 0 Å². The smallest absolute Gasteiger partial charge is 0.187 e. The molecule has 4 heteroatoms. The fraction of sp³-hybridized carbons (Fsp3) is 0.529. The Morgan fingerprint density at radius 1 is 1.14 bits per heavy atom. The van der Waals surface area contributed by atoms with E-state index in [1.165, 1.54) is 48.8 Å². The monoisotopic (exact) mass is 303 g/mol. The van der Waals surface area contributed by atoms with E-state index in [2.05, 4.69) is 48.7 Å². The highest BCUT2D eigenvalue weighted by molar-refractivity contribution is 7.80. The third-order valence-electron chi connectivity index (χ3n) is 4.04. The molecule has 1 fully saturated rings. The molecule has 1 aliphatic rings. The summed E-state index contributed by atoms with van der Waals surface area (Å²) >= 11 is 5.30. The van der Waals surface area contributed by atoms with Crippen molar-refractivity contribution in [2.45, 2.75) is 58.9 Å². The van der Waals surface area contributed by atoms with Crippen molar-refractivity contribution in [1.29, 1.82) is 0 Å². The van der Waals surface area contributed by atoms with E-state index in [9.17, 15) is 0 Å². The molecular weight excluding hydrogens is 278 g/mol. The largest absolute Gasteiger partial charge is 0.359 e. The van der Waals surface area contributed by atoms with Crippen molar-refractivity contribution in [3.8, 4) is 0 Å². The first-order valence-corrected chi connectivity index (χ1v) is 8.14. The molecule has 0 spiro atoms. The van der Waals surface area contributed by atoms with Gasteiger partial charge in [-0.1, -0.05) is 37.0 Å². The van der Waals surface area contributed by atoms with Gasteiger partial charge >= 0.3 is 0 Å². The summed E-state index contributed by atoms with van der Waals surface area (Å²) in [6.07, 6.45) is 8.22. The highest BCUT2D eigenvalue weighted by Crippen LogP contribution is 2.17. The van der Waals surface area contributed by atoms with Crippen molar-refractivity contribution in [2.75, 3.05) is 0 Å². The highest BCUT2D eigenvalue weighted by Gasteiger charge is 2.13. The molecule has 0 bridgehead atoms. The van der Waals surface area contributed by atoms with Crippen molar-refractivity contribution < 1.29 is 0 Å². The molecule has 0 heterocycles. The summed E-state index contributed by atoms with van der Waals surface area (Å²) in [5.41, 5.74) is 7.86. The van der Waals surface area contributed by atoms with E-state index in [0.29, 0.717) is 11.2 Å². The van der Waals surface area contributed by atoms with Crippen molar-refractivity contribution in [2.24, 2.45) is 5.10 Å². The summed E-state index contributed by atoms with van der Waals surface area (Å²) < 4.78 is 0. The SMILES string of the molecule is Cc1cc(C)c(/C=N\NC(=S)NC2CCCCC2)c(C)c1. The fourth-order valence-corrected chi connectivity index (χ4v) is 3.23. The minimum absolute atomic E-state index is 0.511. The van der Waals surface area contributed by atoms with Crippen LogP contribution in [0, 0.1) is 20.8 Å². The van der Waals surface area contributed by atoms with Gasteiger partial charge in [-0.05, 0) is 57.0 Å². The summed E-state index contributed by atoms with van der Waals surface area (Å²) in [4.78, 5) is 0. The Labute approximate surface area is 133 Å². The van der Waals surface area contributed by atoms with E-state index < -0.39 is 0 Å². The number of benzene rings is 1. The molecule has 1 aromatic carbocycles. The first-order chi connectivity index (χ1) is 10.1. The topological polar surface area (TPSA) is 36.4 Å². The average molecular weight is 303 g/mol. The first-order valence-electron chi connectivity index (χ1n) is 7.73. The number of nitrogens with zero attached hydrogens (tertiary/aromatic N) is 1. The van der Waals surface area contributed by atoms with Crippen LogP contribution in [-0.4, -0.2) is 17.4 Å². The van der Waals surface area contributed by atoms with Crippen LogP contribution in [0.5, 0.6) is 0 Å². The molecule has 0 amide bonds. The maximum Gasteiger partial charge on any atom is 0.187 e. The van der Waals surface area contributed by atoms with E-state index in [1.54, 1.807) is 0 Å². The fourth-order valence-electron chi connectivity index (χ4n) is 3.01.